The highest BCUT2D eigenvalue weighted by molar-refractivity contribution is 6.24. The number of aliphatic hydroxyl groups is 3. The zero-order chi connectivity index (χ0) is 27.7. The summed E-state index contributed by atoms with van der Waals surface area (Å²) in [6.45, 7) is 0.440. The standard InChI is InChI=1S/C27H33N3O8/c1-30(2)20-15-8-11-7-14-18(16(31)9-12(23(14)38-3)10-29-13-5-4-6-13)21(32)17(11)24(34)27(15,37)25(35)19(22(20)33)26(28)36/h9,11,13,15,20,29,31,33-34,37H,4-8,10H2,1-3H3,(H2,28,36)/t11-,15-,20-,27-/m0/s1. The minimum Gasteiger partial charge on any atom is -0.510 e. The highest BCUT2D eigenvalue weighted by atomic mass is 16.5. The number of carbonyl (C=O) groups is 3. The number of phenolic OH excluding ortho intramolecular Hbond substituents is 1. The third kappa shape index (κ3) is 3.56. The second kappa shape index (κ2) is 9.11. The van der Waals surface area contributed by atoms with Gasteiger partial charge in [0.2, 0.25) is 5.78 Å². The number of primary amides is 1. The summed E-state index contributed by atoms with van der Waals surface area (Å²) < 4.78 is 5.71. The Morgan fingerprint density at radius 1 is 1.24 bits per heavy atom. The molecule has 0 spiro atoms. The van der Waals surface area contributed by atoms with Gasteiger partial charge in [-0.25, -0.2) is 0 Å². The second-order valence-corrected chi connectivity index (χ2v) is 10.9. The van der Waals surface area contributed by atoms with E-state index in [2.05, 4.69) is 5.32 Å². The lowest BCUT2D eigenvalue weighted by Gasteiger charge is -2.50. The van der Waals surface area contributed by atoms with Crippen LogP contribution in [0.15, 0.2) is 28.7 Å². The van der Waals surface area contributed by atoms with Gasteiger partial charge in [-0.15, -0.1) is 0 Å². The lowest BCUT2D eigenvalue weighted by Crippen LogP contribution is -2.63. The second-order valence-electron chi connectivity index (χ2n) is 10.9. The summed E-state index contributed by atoms with van der Waals surface area (Å²) in [7, 11) is 4.67. The molecule has 5 rings (SSSR count). The Morgan fingerprint density at radius 2 is 1.92 bits per heavy atom. The Labute approximate surface area is 219 Å². The van der Waals surface area contributed by atoms with Crippen LogP contribution in [0, 0.1) is 11.8 Å². The Morgan fingerprint density at radius 3 is 2.47 bits per heavy atom. The minimum absolute atomic E-state index is 0.0280. The maximum absolute atomic E-state index is 13.8. The van der Waals surface area contributed by atoms with Crippen LogP contribution in [0.5, 0.6) is 11.5 Å². The molecule has 1 fully saturated rings. The first-order valence-corrected chi connectivity index (χ1v) is 12.7. The van der Waals surface area contributed by atoms with Crippen molar-refractivity contribution >= 4 is 17.5 Å². The average Bonchev–Trinajstić information content (AvgIpc) is 2.80. The van der Waals surface area contributed by atoms with E-state index in [9.17, 15) is 34.8 Å². The molecule has 0 heterocycles. The number of fused-ring (bicyclic) bond motifs is 3. The number of ketones is 2. The van der Waals surface area contributed by atoms with E-state index in [1.165, 1.54) is 18.1 Å². The van der Waals surface area contributed by atoms with E-state index >= 15 is 0 Å². The van der Waals surface area contributed by atoms with Crippen molar-refractivity contribution in [2.45, 2.75) is 56.3 Å². The molecule has 1 amide bonds. The van der Waals surface area contributed by atoms with Crippen molar-refractivity contribution in [3.8, 4) is 11.5 Å². The number of nitrogens with two attached hydrogens (primary N) is 1. The van der Waals surface area contributed by atoms with Gasteiger partial charge in [-0.1, -0.05) is 6.42 Å². The number of aromatic hydroxyl groups is 1. The quantitative estimate of drug-likeness (QED) is 0.289. The highest BCUT2D eigenvalue weighted by Crippen LogP contribution is 2.53. The number of phenols is 1. The Hall–Kier alpha value is -3.41. The number of rotatable bonds is 6. The van der Waals surface area contributed by atoms with E-state index in [0.29, 0.717) is 29.5 Å². The molecular formula is C27H33N3O8. The monoisotopic (exact) mass is 527 g/mol. The summed E-state index contributed by atoms with van der Waals surface area (Å²) in [5, 5.41) is 48.2. The zero-order valence-electron chi connectivity index (χ0n) is 21.6. The van der Waals surface area contributed by atoms with E-state index in [1.54, 1.807) is 14.1 Å². The molecule has 0 saturated heterocycles. The van der Waals surface area contributed by atoms with E-state index in [0.717, 1.165) is 19.3 Å². The van der Waals surface area contributed by atoms with Gasteiger partial charge in [0.05, 0.1) is 18.7 Å². The highest BCUT2D eigenvalue weighted by Gasteiger charge is 2.63. The van der Waals surface area contributed by atoms with Crippen molar-refractivity contribution in [2.24, 2.45) is 17.6 Å². The van der Waals surface area contributed by atoms with Gasteiger partial charge in [-0.2, -0.15) is 0 Å². The summed E-state index contributed by atoms with van der Waals surface area (Å²) in [4.78, 5) is 40.7. The van der Waals surface area contributed by atoms with Crippen molar-refractivity contribution in [1.29, 1.82) is 0 Å². The molecule has 7 N–H and O–H groups in total. The molecule has 0 aliphatic heterocycles. The number of amides is 1. The number of hydrogen-bond acceptors (Lipinski definition) is 10. The molecular weight excluding hydrogens is 494 g/mol. The maximum Gasteiger partial charge on any atom is 0.255 e. The zero-order valence-corrected chi connectivity index (χ0v) is 21.6. The number of Topliss-reactive ketones (excluding diaryl/α,β-unsaturated/α-hetero) is 2. The van der Waals surface area contributed by atoms with E-state index in [-0.39, 0.29) is 29.7 Å². The molecule has 1 saturated carbocycles. The van der Waals surface area contributed by atoms with Crippen LogP contribution in [0.4, 0.5) is 0 Å². The van der Waals surface area contributed by atoms with Crippen LogP contribution >= 0.6 is 0 Å². The Bertz CT molecular complexity index is 1310. The van der Waals surface area contributed by atoms with Crippen LogP contribution in [0.3, 0.4) is 0 Å². The normalized spacial score (nSPS) is 29.1. The minimum atomic E-state index is -2.66. The number of allylic oxidation sites excluding steroid dienone is 1. The van der Waals surface area contributed by atoms with E-state index < -0.39 is 58.0 Å². The molecule has 4 aliphatic rings. The van der Waals surface area contributed by atoms with Crippen molar-refractivity contribution < 1.29 is 39.5 Å². The number of methoxy groups -OCH3 is 1. The molecule has 1 aromatic rings. The largest absolute Gasteiger partial charge is 0.510 e. The first-order valence-electron chi connectivity index (χ1n) is 12.7. The van der Waals surface area contributed by atoms with Gasteiger partial charge in [-0.05, 0) is 51.8 Å². The summed E-state index contributed by atoms with van der Waals surface area (Å²) >= 11 is 0. The summed E-state index contributed by atoms with van der Waals surface area (Å²) in [5.41, 5.74) is 2.80. The van der Waals surface area contributed by atoms with Crippen molar-refractivity contribution in [3.05, 3.63) is 45.4 Å². The van der Waals surface area contributed by atoms with Gasteiger partial charge >= 0.3 is 0 Å². The van der Waals surface area contributed by atoms with Gasteiger partial charge in [0.1, 0.15) is 28.6 Å². The molecule has 0 aromatic heterocycles. The molecule has 38 heavy (non-hydrogen) atoms. The number of nitrogens with one attached hydrogen (secondary N) is 1. The summed E-state index contributed by atoms with van der Waals surface area (Å²) in [6, 6.07) is 0.813. The third-order valence-electron chi connectivity index (χ3n) is 8.64. The smallest absolute Gasteiger partial charge is 0.255 e. The molecule has 4 atom stereocenters. The van der Waals surface area contributed by atoms with Crippen molar-refractivity contribution in [1.82, 2.24) is 10.2 Å². The van der Waals surface area contributed by atoms with Crippen LogP contribution in [0.25, 0.3) is 0 Å². The first-order chi connectivity index (χ1) is 17.9. The topological polar surface area (TPSA) is 183 Å². The lowest BCUT2D eigenvalue weighted by atomic mass is 9.58. The number of carbonyl (C=O) groups excluding carboxylic acids is 3. The third-order valence-corrected chi connectivity index (χ3v) is 8.64. The number of likely N-dealkylation sites (N-methyl/N-ethyl adjacent to an activating group) is 1. The molecule has 1 aromatic carbocycles. The maximum atomic E-state index is 13.8. The molecule has 204 valence electrons. The van der Waals surface area contributed by atoms with Crippen LogP contribution in [0.2, 0.25) is 0 Å². The number of nitrogens with zero attached hydrogens (tertiary/aromatic N) is 1. The van der Waals surface area contributed by atoms with Crippen LogP contribution < -0.4 is 15.8 Å². The predicted molar refractivity (Wildman–Crippen MR) is 135 cm³/mol. The molecule has 4 aliphatic carbocycles. The van der Waals surface area contributed by atoms with Gasteiger partial charge < -0.3 is 36.2 Å². The molecule has 11 heteroatoms. The van der Waals surface area contributed by atoms with Gasteiger partial charge in [-0.3, -0.25) is 19.3 Å². The number of ether oxygens (including phenoxy) is 1. The van der Waals surface area contributed by atoms with Crippen LogP contribution in [-0.4, -0.2) is 81.7 Å². The van der Waals surface area contributed by atoms with E-state index in [1.807, 2.05) is 0 Å². The fourth-order valence-electron chi connectivity index (χ4n) is 6.61. The molecule has 0 bridgehead atoms. The fraction of sp³-hybridized carbons (Fsp3) is 0.519. The Kier molecular flexibility index (Phi) is 6.28. The van der Waals surface area contributed by atoms with E-state index in [4.69, 9.17) is 10.5 Å². The summed E-state index contributed by atoms with van der Waals surface area (Å²) in [6.07, 6.45) is 3.52. The number of aliphatic hydroxyl groups excluding tert-OH is 2. The van der Waals surface area contributed by atoms with Crippen molar-refractivity contribution in [3.63, 3.8) is 0 Å². The SMILES string of the molecule is COc1c(CNC2CCC2)cc(O)c2c1C[C@H]1C[C@H]3[C@H](N(C)C)C(O)=C(C(N)=O)C(=O)[C@@]3(O)C(O)=C1C2=O. The molecule has 0 unspecified atom stereocenters. The fourth-order valence-corrected chi connectivity index (χ4v) is 6.61. The van der Waals surface area contributed by atoms with Gasteiger partial charge in [0.25, 0.3) is 5.91 Å². The van der Waals surface area contributed by atoms with Crippen LogP contribution in [0.1, 0.15) is 47.2 Å². The average molecular weight is 528 g/mol. The molecule has 11 nitrogen and oxygen atoms in total. The number of hydrogen-bond donors (Lipinski definition) is 6. The lowest BCUT2D eigenvalue weighted by molar-refractivity contribution is -0.148. The van der Waals surface area contributed by atoms with Crippen LogP contribution in [-0.2, 0) is 22.6 Å². The Balaban J connectivity index is 1.64. The predicted octanol–water partition coefficient (Wildman–Crippen LogP) is 0.771. The first kappa shape index (κ1) is 26.2. The van der Waals surface area contributed by atoms with Gasteiger partial charge in [0.15, 0.2) is 11.4 Å². The van der Waals surface area contributed by atoms with Crippen molar-refractivity contribution in [2.75, 3.05) is 21.2 Å². The summed E-state index contributed by atoms with van der Waals surface area (Å²) in [5.74, 6) is -6.28. The van der Waals surface area contributed by atoms with Gasteiger partial charge in [0, 0.05) is 35.2 Å². The molecule has 0 radical (unpaired) electrons. The number of benzene rings is 1.